The van der Waals surface area contributed by atoms with E-state index in [0.29, 0.717) is 18.4 Å². The summed E-state index contributed by atoms with van der Waals surface area (Å²) in [5.41, 5.74) is 1.18. The molecule has 1 fully saturated rings. The van der Waals surface area contributed by atoms with Gasteiger partial charge in [-0.05, 0) is 61.6 Å². The van der Waals surface area contributed by atoms with Gasteiger partial charge in [0.2, 0.25) is 5.91 Å². The van der Waals surface area contributed by atoms with Crippen molar-refractivity contribution in [3.63, 3.8) is 0 Å². The molecule has 3 aromatic rings. The number of halogens is 4. The van der Waals surface area contributed by atoms with Crippen molar-refractivity contribution in [1.29, 1.82) is 0 Å². The number of alkyl halides is 2. The van der Waals surface area contributed by atoms with Crippen LogP contribution >= 0.6 is 0 Å². The van der Waals surface area contributed by atoms with E-state index in [2.05, 4.69) is 10.1 Å². The molecule has 13 heteroatoms. The van der Waals surface area contributed by atoms with Crippen molar-refractivity contribution in [1.82, 2.24) is 9.88 Å². The summed E-state index contributed by atoms with van der Waals surface area (Å²) < 4.78 is 66.5. The van der Waals surface area contributed by atoms with E-state index in [-0.39, 0.29) is 42.4 Å². The van der Waals surface area contributed by atoms with E-state index in [4.69, 9.17) is 4.74 Å². The SMILES string of the molecule is COc1cc(F)c([C@@H]2CN(c3c(C)c4c(n(CCO)c3=O)CCC4)C(=O)[C@H]2NC(=O)c2ccc(OC(F)F)cc2)c(F)c1. The number of rotatable bonds is 9. The van der Waals surface area contributed by atoms with Crippen LogP contribution in [0.15, 0.2) is 41.2 Å². The van der Waals surface area contributed by atoms with E-state index in [1.54, 1.807) is 6.92 Å². The fourth-order valence-corrected chi connectivity index (χ4v) is 6.04. The summed E-state index contributed by atoms with van der Waals surface area (Å²) in [6, 6.07) is 5.10. The molecule has 0 spiro atoms. The van der Waals surface area contributed by atoms with E-state index in [0.717, 1.165) is 46.8 Å². The topological polar surface area (TPSA) is 110 Å². The van der Waals surface area contributed by atoms with E-state index in [9.17, 15) is 28.3 Å². The molecule has 2 N–H and O–H groups in total. The summed E-state index contributed by atoms with van der Waals surface area (Å²) in [6.45, 7) is -2.00. The van der Waals surface area contributed by atoms with Crippen LogP contribution in [0.3, 0.4) is 0 Å². The highest BCUT2D eigenvalue weighted by molar-refractivity contribution is 6.05. The molecule has 2 aliphatic rings. The minimum atomic E-state index is -3.07. The van der Waals surface area contributed by atoms with Crippen LogP contribution in [0.4, 0.5) is 23.2 Å². The number of aromatic nitrogens is 1. The predicted molar refractivity (Wildman–Crippen MR) is 147 cm³/mol. The molecule has 2 amide bonds. The number of hydrogen-bond acceptors (Lipinski definition) is 6. The minimum absolute atomic E-state index is 0.00702. The third kappa shape index (κ3) is 5.56. The molecule has 2 aromatic carbocycles. The van der Waals surface area contributed by atoms with Gasteiger partial charge in [-0.3, -0.25) is 14.4 Å². The molecule has 0 unspecified atom stereocenters. The lowest BCUT2D eigenvalue weighted by atomic mass is 9.92. The number of benzene rings is 2. The lowest BCUT2D eigenvalue weighted by Gasteiger charge is -2.23. The standard InChI is InChI=1S/C30H29F4N3O6/c1-15-19-4-3-5-23(19)36(10-11-38)29(41)26(15)37-14-20(24-21(31)12-18(42-2)13-22(24)32)25(28(37)40)35-27(39)16-6-8-17(9-7-16)43-30(33)34/h6-9,12-13,20,25,30,38H,3-5,10-11,14H2,1-2H3,(H,35,39)/t20-,25-/m0/s1. The van der Waals surface area contributed by atoms with E-state index >= 15 is 8.78 Å². The summed E-state index contributed by atoms with van der Waals surface area (Å²) in [5, 5.41) is 12.2. The summed E-state index contributed by atoms with van der Waals surface area (Å²) in [5.74, 6) is -5.14. The summed E-state index contributed by atoms with van der Waals surface area (Å²) in [7, 11) is 1.24. The van der Waals surface area contributed by atoms with Crippen molar-refractivity contribution >= 4 is 17.5 Å². The maximum absolute atomic E-state index is 15.4. The minimum Gasteiger partial charge on any atom is -0.497 e. The van der Waals surface area contributed by atoms with E-state index in [1.807, 2.05) is 0 Å². The molecule has 0 bridgehead atoms. The van der Waals surface area contributed by atoms with Gasteiger partial charge in [0.05, 0.1) is 13.7 Å². The van der Waals surface area contributed by atoms with Crippen LogP contribution in [0.2, 0.25) is 0 Å². The largest absolute Gasteiger partial charge is 0.497 e. The molecule has 1 aromatic heterocycles. The Kier molecular flexibility index (Phi) is 8.45. The molecule has 1 aliphatic heterocycles. The number of carbonyl (C=O) groups excluding carboxylic acids is 2. The smallest absolute Gasteiger partial charge is 0.387 e. The molecule has 2 heterocycles. The van der Waals surface area contributed by atoms with Crippen LogP contribution in [0.1, 0.15) is 45.1 Å². The second kappa shape index (κ2) is 12.1. The molecule has 0 saturated carbocycles. The molecule has 2 atom stereocenters. The number of aliphatic hydroxyl groups is 1. The van der Waals surface area contributed by atoms with E-state index < -0.39 is 53.1 Å². The zero-order valence-corrected chi connectivity index (χ0v) is 23.3. The Morgan fingerprint density at radius 1 is 1.09 bits per heavy atom. The Morgan fingerprint density at radius 2 is 1.77 bits per heavy atom. The van der Waals surface area contributed by atoms with Gasteiger partial charge in [-0.1, -0.05) is 0 Å². The number of amides is 2. The second-order valence-corrected chi connectivity index (χ2v) is 10.3. The predicted octanol–water partition coefficient (Wildman–Crippen LogP) is 3.45. The van der Waals surface area contributed by atoms with Gasteiger partial charge in [0.1, 0.15) is 34.9 Å². The fourth-order valence-electron chi connectivity index (χ4n) is 6.04. The van der Waals surface area contributed by atoms with Crippen LogP contribution in [0.25, 0.3) is 0 Å². The Labute approximate surface area is 243 Å². The number of ether oxygens (including phenoxy) is 2. The molecule has 0 radical (unpaired) electrons. The third-order valence-corrected chi connectivity index (χ3v) is 7.96. The second-order valence-electron chi connectivity index (χ2n) is 10.3. The number of carbonyl (C=O) groups is 2. The lowest BCUT2D eigenvalue weighted by molar-refractivity contribution is -0.118. The van der Waals surface area contributed by atoms with Crippen molar-refractivity contribution in [3.05, 3.63) is 86.3 Å². The number of nitrogens with zero attached hydrogens (tertiary/aromatic N) is 2. The number of aliphatic hydroxyl groups excluding tert-OH is 1. The maximum Gasteiger partial charge on any atom is 0.387 e. The Balaban J connectivity index is 1.57. The first-order valence-corrected chi connectivity index (χ1v) is 13.6. The molecule has 5 rings (SSSR count). The van der Waals surface area contributed by atoms with Crippen molar-refractivity contribution < 1.29 is 41.7 Å². The molecule has 9 nitrogen and oxygen atoms in total. The van der Waals surface area contributed by atoms with Crippen LogP contribution in [-0.2, 0) is 24.2 Å². The number of pyridine rings is 1. The van der Waals surface area contributed by atoms with Gasteiger partial charge in [0.15, 0.2) is 0 Å². The number of fused-ring (bicyclic) bond motifs is 1. The molecular weight excluding hydrogens is 574 g/mol. The molecular formula is C30H29F4N3O6. The Morgan fingerprint density at radius 3 is 2.37 bits per heavy atom. The van der Waals surface area contributed by atoms with Gasteiger partial charge in [0, 0.05) is 48.0 Å². The monoisotopic (exact) mass is 603 g/mol. The van der Waals surface area contributed by atoms with Crippen LogP contribution in [0.5, 0.6) is 11.5 Å². The van der Waals surface area contributed by atoms with Crippen molar-refractivity contribution in [3.8, 4) is 11.5 Å². The summed E-state index contributed by atoms with van der Waals surface area (Å²) in [4.78, 5) is 42.1. The third-order valence-electron chi connectivity index (χ3n) is 7.96. The van der Waals surface area contributed by atoms with Crippen LogP contribution < -0.4 is 25.2 Å². The van der Waals surface area contributed by atoms with Crippen molar-refractivity contribution in [2.24, 2.45) is 0 Å². The van der Waals surface area contributed by atoms with Crippen molar-refractivity contribution in [2.75, 3.05) is 25.2 Å². The van der Waals surface area contributed by atoms with Gasteiger partial charge in [-0.25, -0.2) is 8.78 Å². The first kappa shape index (κ1) is 30.1. The van der Waals surface area contributed by atoms with Crippen molar-refractivity contribution in [2.45, 2.75) is 51.3 Å². The van der Waals surface area contributed by atoms with Gasteiger partial charge in [-0.15, -0.1) is 0 Å². The number of anilines is 1. The fraction of sp³-hybridized carbons (Fsp3) is 0.367. The lowest BCUT2D eigenvalue weighted by Crippen LogP contribution is -2.45. The average Bonchev–Trinajstić information content (AvgIpc) is 3.57. The first-order chi connectivity index (χ1) is 20.5. The highest BCUT2D eigenvalue weighted by atomic mass is 19.3. The quantitative estimate of drug-likeness (QED) is 0.363. The van der Waals surface area contributed by atoms with Gasteiger partial charge in [-0.2, -0.15) is 8.78 Å². The van der Waals surface area contributed by atoms with Gasteiger partial charge < -0.3 is 29.4 Å². The van der Waals surface area contributed by atoms with Crippen LogP contribution in [-0.4, -0.2) is 54.4 Å². The normalized spacial score (nSPS) is 17.9. The number of nitrogens with one attached hydrogen (secondary N) is 1. The zero-order valence-electron chi connectivity index (χ0n) is 23.3. The average molecular weight is 604 g/mol. The molecule has 1 saturated heterocycles. The first-order valence-electron chi connectivity index (χ1n) is 13.6. The summed E-state index contributed by atoms with van der Waals surface area (Å²) >= 11 is 0. The zero-order chi connectivity index (χ0) is 31.0. The Hall–Kier alpha value is -4.39. The maximum atomic E-state index is 15.4. The molecule has 43 heavy (non-hydrogen) atoms. The van der Waals surface area contributed by atoms with Gasteiger partial charge in [0.25, 0.3) is 11.5 Å². The Bertz CT molecular complexity index is 1600. The van der Waals surface area contributed by atoms with E-state index in [1.165, 1.54) is 23.8 Å². The molecule has 228 valence electrons. The number of methoxy groups -OCH3 is 1. The molecule has 1 aliphatic carbocycles. The summed E-state index contributed by atoms with van der Waals surface area (Å²) in [6.07, 6.45) is 2.06. The van der Waals surface area contributed by atoms with Crippen LogP contribution in [0, 0.1) is 18.6 Å². The highest BCUT2D eigenvalue weighted by Gasteiger charge is 2.47. The number of hydrogen-bond donors (Lipinski definition) is 2. The van der Waals surface area contributed by atoms with Gasteiger partial charge >= 0.3 is 6.61 Å². The highest BCUT2D eigenvalue weighted by Crippen LogP contribution is 2.38.